The van der Waals surface area contributed by atoms with E-state index in [1.165, 1.54) is 0 Å². The highest BCUT2D eigenvalue weighted by Gasteiger charge is 2.13. The van der Waals surface area contributed by atoms with E-state index in [2.05, 4.69) is 0 Å². The standard InChI is InChI=1S/C21H17NO3/c23-21(24)13-22-19-9-5-4-8-17(19)18-11-10-16(12-20(18)22)25-14-15-6-2-1-3-7-15/h1-12H,13-14H2,(H,23,24). The Morgan fingerprint density at radius 2 is 1.60 bits per heavy atom. The molecular weight excluding hydrogens is 314 g/mol. The van der Waals surface area contributed by atoms with Crippen LogP contribution >= 0.6 is 0 Å². The van der Waals surface area contributed by atoms with Gasteiger partial charge in [-0.05, 0) is 23.8 Å². The van der Waals surface area contributed by atoms with E-state index in [0.29, 0.717) is 6.61 Å². The Bertz CT molecular complexity index is 1050. The van der Waals surface area contributed by atoms with Gasteiger partial charge in [0.25, 0.3) is 0 Å². The fraction of sp³-hybridized carbons (Fsp3) is 0.0952. The van der Waals surface area contributed by atoms with Gasteiger partial charge in [0.2, 0.25) is 0 Å². The number of aromatic nitrogens is 1. The summed E-state index contributed by atoms with van der Waals surface area (Å²) in [6.07, 6.45) is 0. The molecule has 0 saturated carbocycles. The summed E-state index contributed by atoms with van der Waals surface area (Å²) in [4.78, 5) is 11.3. The minimum absolute atomic E-state index is 0.0772. The van der Waals surface area contributed by atoms with Crippen molar-refractivity contribution < 1.29 is 14.6 Å². The summed E-state index contributed by atoms with van der Waals surface area (Å²) >= 11 is 0. The van der Waals surface area contributed by atoms with E-state index in [0.717, 1.165) is 33.1 Å². The maximum Gasteiger partial charge on any atom is 0.323 e. The van der Waals surface area contributed by atoms with Gasteiger partial charge in [0, 0.05) is 22.4 Å². The van der Waals surface area contributed by atoms with Gasteiger partial charge in [0.15, 0.2) is 0 Å². The molecule has 3 aromatic carbocycles. The predicted molar refractivity (Wildman–Crippen MR) is 97.9 cm³/mol. The molecule has 0 unspecified atom stereocenters. The number of hydrogen-bond donors (Lipinski definition) is 1. The fourth-order valence-corrected chi connectivity index (χ4v) is 3.17. The largest absolute Gasteiger partial charge is 0.489 e. The SMILES string of the molecule is O=C(O)Cn1c2ccccc2c2ccc(OCc3ccccc3)cc21. The van der Waals surface area contributed by atoms with Gasteiger partial charge in [-0.3, -0.25) is 4.79 Å². The third kappa shape index (κ3) is 2.94. The quantitative estimate of drug-likeness (QED) is 0.587. The Morgan fingerprint density at radius 3 is 2.40 bits per heavy atom. The Labute approximate surface area is 144 Å². The minimum atomic E-state index is -0.863. The number of fused-ring (bicyclic) bond motifs is 3. The molecule has 124 valence electrons. The number of ether oxygens (including phenoxy) is 1. The molecule has 1 aromatic heterocycles. The second-order valence-corrected chi connectivity index (χ2v) is 5.95. The van der Waals surface area contributed by atoms with Crippen LogP contribution in [0, 0.1) is 0 Å². The first-order valence-corrected chi connectivity index (χ1v) is 8.12. The van der Waals surface area contributed by atoms with Crippen molar-refractivity contribution in [3.8, 4) is 5.75 Å². The lowest BCUT2D eigenvalue weighted by Crippen LogP contribution is -2.08. The predicted octanol–water partition coefficient (Wildman–Crippen LogP) is 4.46. The zero-order chi connectivity index (χ0) is 17.2. The molecule has 0 fully saturated rings. The molecule has 0 atom stereocenters. The van der Waals surface area contributed by atoms with Gasteiger partial charge in [-0.15, -0.1) is 0 Å². The monoisotopic (exact) mass is 331 g/mol. The topological polar surface area (TPSA) is 51.5 Å². The van der Waals surface area contributed by atoms with E-state index in [1.54, 1.807) is 0 Å². The lowest BCUT2D eigenvalue weighted by molar-refractivity contribution is -0.137. The molecule has 4 nitrogen and oxygen atoms in total. The fourth-order valence-electron chi connectivity index (χ4n) is 3.17. The molecule has 4 heteroatoms. The number of benzene rings is 3. The first-order chi connectivity index (χ1) is 12.2. The highest BCUT2D eigenvalue weighted by Crippen LogP contribution is 2.31. The molecule has 0 aliphatic rings. The molecule has 0 bridgehead atoms. The molecule has 1 heterocycles. The van der Waals surface area contributed by atoms with Crippen molar-refractivity contribution in [1.82, 2.24) is 4.57 Å². The number of carboxylic acids is 1. The van der Waals surface area contributed by atoms with Crippen LogP contribution in [0.1, 0.15) is 5.56 Å². The number of carbonyl (C=O) groups is 1. The van der Waals surface area contributed by atoms with Crippen LogP contribution in [0.15, 0.2) is 72.8 Å². The van der Waals surface area contributed by atoms with E-state index >= 15 is 0 Å². The molecule has 4 rings (SSSR count). The summed E-state index contributed by atoms with van der Waals surface area (Å²) in [5, 5.41) is 11.4. The number of rotatable bonds is 5. The number of para-hydroxylation sites is 1. The van der Waals surface area contributed by atoms with E-state index in [4.69, 9.17) is 4.74 Å². The summed E-state index contributed by atoms with van der Waals surface area (Å²) in [5.41, 5.74) is 2.88. The number of carboxylic acid groups (broad SMARTS) is 1. The molecule has 25 heavy (non-hydrogen) atoms. The van der Waals surface area contributed by atoms with Crippen molar-refractivity contribution in [2.24, 2.45) is 0 Å². The van der Waals surface area contributed by atoms with E-state index in [9.17, 15) is 9.90 Å². The lowest BCUT2D eigenvalue weighted by Gasteiger charge is -2.08. The third-order valence-corrected chi connectivity index (χ3v) is 4.29. The molecule has 4 aromatic rings. The Balaban J connectivity index is 1.76. The molecule has 0 radical (unpaired) electrons. The number of nitrogens with zero attached hydrogens (tertiary/aromatic N) is 1. The smallest absolute Gasteiger partial charge is 0.323 e. The average molecular weight is 331 g/mol. The molecule has 0 saturated heterocycles. The summed E-state index contributed by atoms with van der Waals surface area (Å²) in [5.74, 6) is -0.135. The van der Waals surface area contributed by atoms with Crippen LogP contribution in [-0.2, 0) is 17.9 Å². The number of hydrogen-bond acceptors (Lipinski definition) is 2. The Hall–Kier alpha value is -3.27. The van der Waals surface area contributed by atoms with Crippen LogP contribution in [-0.4, -0.2) is 15.6 Å². The molecule has 0 spiro atoms. The van der Waals surface area contributed by atoms with E-state index in [1.807, 2.05) is 77.4 Å². The van der Waals surface area contributed by atoms with Crippen LogP contribution in [0.3, 0.4) is 0 Å². The normalized spacial score (nSPS) is 11.0. The second-order valence-electron chi connectivity index (χ2n) is 5.95. The first kappa shape index (κ1) is 15.3. The van der Waals surface area contributed by atoms with Gasteiger partial charge in [0.05, 0.1) is 5.52 Å². The second kappa shape index (κ2) is 6.32. The van der Waals surface area contributed by atoms with Crippen LogP contribution in [0.5, 0.6) is 5.75 Å². The van der Waals surface area contributed by atoms with Crippen molar-refractivity contribution in [1.29, 1.82) is 0 Å². The average Bonchev–Trinajstić information content (AvgIpc) is 2.94. The van der Waals surface area contributed by atoms with Crippen LogP contribution in [0.25, 0.3) is 21.8 Å². The lowest BCUT2D eigenvalue weighted by atomic mass is 10.1. The van der Waals surface area contributed by atoms with Crippen molar-refractivity contribution in [2.75, 3.05) is 0 Å². The van der Waals surface area contributed by atoms with E-state index < -0.39 is 5.97 Å². The van der Waals surface area contributed by atoms with Crippen LogP contribution < -0.4 is 4.74 Å². The summed E-state index contributed by atoms with van der Waals surface area (Å²) in [6, 6.07) is 23.7. The van der Waals surface area contributed by atoms with Gasteiger partial charge < -0.3 is 14.4 Å². The van der Waals surface area contributed by atoms with Crippen molar-refractivity contribution in [3.05, 3.63) is 78.4 Å². The summed E-state index contributed by atoms with van der Waals surface area (Å²) < 4.78 is 7.72. The maximum absolute atomic E-state index is 11.3. The first-order valence-electron chi connectivity index (χ1n) is 8.12. The number of aliphatic carboxylic acids is 1. The maximum atomic E-state index is 11.3. The molecule has 0 amide bonds. The van der Waals surface area contributed by atoms with E-state index in [-0.39, 0.29) is 6.54 Å². The molecule has 1 N–H and O–H groups in total. The highest BCUT2D eigenvalue weighted by molar-refractivity contribution is 6.08. The van der Waals surface area contributed by atoms with Gasteiger partial charge >= 0.3 is 5.97 Å². The van der Waals surface area contributed by atoms with Crippen molar-refractivity contribution >= 4 is 27.8 Å². The van der Waals surface area contributed by atoms with Crippen molar-refractivity contribution in [3.63, 3.8) is 0 Å². The van der Waals surface area contributed by atoms with Gasteiger partial charge in [-0.25, -0.2) is 0 Å². The molecule has 0 aliphatic carbocycles. The molecule has 0 aliphatic heterocycles. The zero-order valence-electron chi connectivity index (χ0n) is 13.6. The molecular formula is C21H17NO3. The minimum Gasteiger partial charge on any atom is -0.489 e. The third-order valence-electron chi connectivity index (χ3n) is 4.29. The van der Waals surface area contributed by atoms with Crippen LogP contribution in [0.4, 0.5) is 0 Å². The Morgan fingerprint density at radius 1 is 0.880 bits per heavy atom. The summed E-state index contributed by atoms with van der Waals surface area (Å²) in [7, 11) is 0. The Kier molecular flexibility index (Phi) is 3.86. The van der Waals surface area contributed by atoms with Gasteiger partial charge in [-0.2, -0.15) is 0 Å². The zero-order valence-corrected chi connectivity index (χ0v) is 13.6. The highest BCUT2D eigenvalue weighted by atomic mass is 16.5. The van der Waals surface area contributed by atoms with Crippen LogP contribution in [0.2, 0.25) is 0 Å². The van der Waals surface area contributed by atoms with Gasteiger partial charge in [0.1, 0.15) is 18.9 Å². The van der Waals surface area contributed by atoms with Gasteiger partial charge in [-0.1, -0.05) is 48.5 Å². The van der Waals surface area contributed by atoms with Crippen molar-refractivity contribution in [2.45, 2.75) is 13.2 Å². The summed E-state index contributed by atoms with van der Waals surface area (Å²) in [6.45, 7) is 0.400.